The average Bonchev–Trinajstić information content (AvgIpc) is 2.60. The van der Waals surface area contributed by atoms with Crippen LogP contribution >= 0.6 is 0 Å². The molecule has 0 heterocycles. The highest BCUT2D eigenvalue weighted by molar-refractivity contribution is 5.93. The van der Waals surface area contributed by atoms with E-state index < -0.39 is 25.1 Å². The Bertz CT molecular complexity index is 722. The number of amides is 1. The molecule has 0 radical (unpaired) electrons. The van der Waals surface area contributed by atoms with Gasteiger partial charge in [0.05, 0.1) is 0 Å². The zero-order valence-corrected chi connectivity index (χ0v) is 13.5. The average molecular weight is 349 g/mol. The minimum absolute atomic E-state index is 0.165. The van der Waals surface area contributed by atoms with Crippen LogP contribution in [0.1, 0.15) is 15.9 Å². The van der Waals surface area contributed by atoms with E-state index in [4.69, 9.17) is 4.74 Å². The monoisotopic (exact) mass is 349 g/mol. The minimum atomic E-state index is -3.06. The zero-order valence-electron chi connectivity index (χ0n) is 13.5. The summed E-state index contributed by atoms with van der Waals surface area (Å²) in [7, 11) is 1.58. The van der Waals surface area contributed by atoms with Gasteiger partial charge in [0.1, 0.15) is 11.3 Å². The highest BCUT2D eigenvalue weighted by Gasteiger charge is 2.18. The van der Waals surface area contributed by atoms with Crippen LogP contribution in [0.4, 0.5) is 8.78 Å². The Morgan fingerprint density at radius 1 is 1.04 bits per heavy atom. The summed E-state index contributed by atoms with van der Waals surface area (Å²) in [5.41, 5.74) is 0.765. The van der Waals surface area contributed by atoms with Crippen molar-refractivity contribution in [1.82, 2.24) is 4.90 Å². The van der Waals surface area contributed by atoms with Crippen LogP contribution in [0.25, 0.3) is 0 Å². The fourth-order valence-corrected chi connectivity index (χ4v) is 2.09. The molecule has 0 aromatic heterocycles. The second-order valence-electron chi connectivity index (χ2n) is 5.19. The summed E-state index contributed by atoms with van der Waals surface area (Å²) >= 11 is 0. The predicted molar refractivity (Wildman–Crippen MR) is 86.3 cm³/mol. The molecular formula is C18H17F2NO4. The number of benzene rings is 2. The van der Waals surface area contributed by atoms with Crippen LogP contribution in [0.2, 0.25) is 0 Å². The van der Waals surface area contributed by atoms with Gasteiger partial charge >= 0.3 is 12.6 Å². The highest BCUT2D eigenvalue weighted by atomic mass is 19.3. The van der Waals surface area contributed by atoms with E-state index >= 15 is 0 Å². The molecule has 5 nitrogen and oxygen atoms in total. The van der Waals surface area contributed by atoms with Crippen LogP contribution in [0.3, 0.4) is 0 Å². The minimum Gasteiger partial charge on any atom is -0.452 e. The molecule has 0 bridgehead atoms. The summed E-state index contributed by atoms with van der Waals surface area (Å²) in [4.78, 5) is 25.5. The SMILES string of the molecule is CN(Cc1ccccc1)C(=O)COC(=O)c1ccccc1OC(F)F. The molecule has 1 amide bonds. The Kier molecular flexibility index (Phi) is 6.45. The Labute approximate surface area is 143 Å². The van der Waals surface area contributed by atoms with Crippen molar-refractivity contribution in [3.63, 3.8) is 0 Å². The number of esters is 1. The molecule has 0 saturated carbocycles. The third kappa shape index (κ3) is 5.56. The van der Waals surface area contributed by atoms with Crippen molar-refractivity contribution in [2.24, 2.45) is 0 Å². The Hall–Kier alpha value is -2.96. The molecule has 0 saturated heterocycles. The van der Waals surface area contributed by atoms with Crippen molar-refractivity contribution < 1.29 is 27.8 Å². The molecule has 7 heteroatoms. The normalized spacial score (nSPS) is 10.4. The number of ether oxygens (including phenoxy) is 2. The first kappa shape index (κ1) is 18.4. The molecule has 2 aromatic carbocycles. The molecule has 0 fully saturated rings. The van der Waals surface area contributed by atoms with Crippen LogP contribution < -0.4 is 4.74 Å². The van der Waals surface area contributed by atoms with Gasteiger partial charge in [0.2, 0.25) is 0 Å². The topological polar surface area (TPSA) is 55.8 Å². The lowest BCUT2D eigenvalue weighted by Crippen LogP contribution is -2.30. The van der Waals surface area contributed by atoms with Gasteiger partial charge in [-0.1, -0.05) is 42.5 Å². The maximum Gasteiger partial charge on any atom is 0.387 e. The first-order valence-corrected chi connectivity index (χ1v) is 7.46. The lowest BCUT2D eigenvalue weighted by atomic mass is 10.2. The maximum absolute atomic E-state index is 12.4. The third-order valence-electron chi connectivity index (χ3n) is 3.34. The smallest absolute Gasteiger partial charge is 0.387 e. The number of rotatable bonds is 7. The van der Waals surface area contributed by atoms with Gasteiger partial charge < -0.3 is 14.4 Å². The van der Waals surface area contributed by atoms with E-state index in [0.717, 1.165) is 5.56 Å². The fourth-order valence-electron chi connectivity index (χ4n) is 2.09. The zero-order chi connectivity index (χ0) is 18.2. The molecule has 132 valence electrons. The number of nitrogens with zero attached hydrogens (tertiary/aromatic N) is 1. The largest absolute Gasteiger partial charge is 0.452 e. The molecule has 0 N–H and O–H groups in total. The highest BCUT2D eigenvalue weighted by Crippen LogP contribution is 2.21. The Balaban J connectivity index is 1.92. The van der Waals surface area contributed by atoms with Crippen molar-refractivity contribution in [1.29, 1.82) is 0 Å². The fraction of sp³-hybridized carbons (Fsp3) is 0.222. The van der Waals surface area contributed by atoms with E-state index in [2.05, 4.69) is 4.74 Å². The van der Waals surface area contributed by atoms with Gasteiger partial charge in [-0.3, -0.25) is 4.79 Å². The molecule has 0 atom stereocenters. The van der Waals surface area contributed by atoms with Crippen LogP contribution in [0, 0.1) is 0 Å². The predicted octanol–water partition coefficient (Wildman–Crippen LogP) is 3.10. The van der Waals surface area contributed by atoms with E-state index in [-0.39, 0.29) is 11.3 Å². The van der Waals surface area contributed by atoms with Gasteiger partial charge in [0.15, 0.2) is 6.61 Å². The van der Waals surface area contributed by atoms with E-state index in [1.54, 1.807) is 7.05 Å². The number of likely N-dealkylation sites (N-methyl/N-ethyl adjacent to an activating group) is 1. The number of hydrogen-bond donors (Lipinski definition) is 0. The molecule has 0 aliphatic heterocycles. The third-order valence-corrected chi connectivity index (χ3v) is 3.34. The van der Waals surface area contributed by atoms with Gasteiger partial charge in [-0.2, -0.15) is 8.78 Å². The summed E-state index contributed by atoms with van der Waals surface area (Å²) in [6, 6.07) is 14.8. The van der Waals surface area contributed by atoms with Crippen LogP contribution in [0.15, 0.2) is 54.6 Å². The first-order chi connectivity index (χ1) is 12.0. The summed E-state index contributed by atoms with van der Waals surface area (Å²) in [5, 5.41) is 0. The van der Waals surface area contributed by atoms with E-state index in [1.807, 2.05) is 30.3 Å². The van der Waals surface area contributed by atoms with Crippen molar-refractivity contribution >= 4 is 11.9 Å². The lowest BCUT2D eigenvalue weighted by Gasteiger charge is -2.17. The molecule has 2 aromatic rings. The number of carbonyl (C=O) groups is 2. The van der Waals surface area contributed by atoms with E-state index in [1.165, 1.54) is 29.2 Å². The van der Waals surface area contributed by atoms with Crippen LogP contribution in [-0.4, -0.2) is 37.0 Å². The van der Waals surface area contributed by atoms with E-state index in [0.29, 0.717) is 6.54 Å². The summed E-state index contributed by atoms with van der Waals surface area (Å²) < 4.78 is 33.9. The van der Waals surface area contributed by atoms with Crippen molar-refractivity contribution in [3.8, 4) is 5.75 Å². The van der Waals surface area contributed by atoms with Crippen LogP contribution in [0.5, 0.6) is 5.75 Å². The van der Waals surface area contributed by atoms with Crippen molar-refractivity contribution in [2.45, 2.75) is 13.2 Å². The van der Waals surface area contributed by atoms with Crippen LogP contribution in [-0.2, 0) is 16.1 Å². The second-order valence-corrected chi connectivity index (χ2v) is 5.19. The molecule has 25 heavy (non-hydrogen) atoms. The number of hydrogen-bond acceptors (Lipinski definition) is 4. The van der Waals surface area contributed by atoms with Gasteiger partial charge in [-0.15, -0.1) is 0 Å². The first-order valence-electron chi connectivity index (χ1n) is 7.46. The molecule has 0 spiro atoms. The van der Waals surface area contributed by atoms with Gasteiger partial charge in [-0.05, 0) is 17.7 Å². The molecule has 0 aliphatic rings. The number of para-hydroxylation sites is 1. The van der Waals surface area contributed by atoms with Crippen molar-refractivity contribution in [2.75, 3.05) is 13.7 Å². The Morgan fingerprint density at radius 3 is 2.36 bits per heavy atom. The second kappa shape index (κ2) is 8.77. The maximum atomic E-state index is 12.4. The Morgan fingerprint density at radius 2 is 1.68 bits per heavy atom. The molecule has 2 rings (SSSR count). The molecule has 0 aliphatic carbocycles. The summed E-state index contributed by atoms with van der Waals surface area (Å²) in [6.45, 7) is -3.19. The quantitative estimate of drug-likeness (QED) is 0.721. The van der Waals surface area contributed by atoms with E-state index in [9.17, 15) is 18.4 Å². The van der Waals surface area contributed by atoms with Crippen molar-refractivity contribution in [3.05, 3.63) is 65.7 Å². The molecule has 0 unspecified atom stereocenters. The number of halogens is 2. The molecular weight excluding hydrogens is 332 g/mol. The lowest BCUT2D eigenvalue weighted by molar-refractivity contribution is -0.133. The summed E-state index contributed by atoms with van der Waals surface area (Å²) in [5.74, 6) is -1.62. The standard InChI is InChI=1S/C18H17F2NO4/c1-21(11-13-7-3-2-4-8-13)16(22)12-24-17(23)14-9-5-6-10-15(14)25-18(19)20/h2-10,18H,11-12H2,1H3. The van der Waals surface area contributed by atoms with Gasteiger partial charge in [-0.25, -0.2) is 4.79 Å². The van der Waals surface area contributed by atoms with Gasteiger partial charge in [0.25, 0.3) is 5.91 Å². The number of alkyl halides is 2. The van der Waals surface area contributed by atoms with Gasteiger partial charge in [0, 0.05) is 13.6 Å². The summed E-state index contributed by atoms with van der Waals surface area (Å²) in [6.07, 6.45) is 0. The number of carbonyl (C=O) groups excluding carboxylic acids is 2.